The monoisotopic (exact) mass is 344 g/mol. The molecule has 0 bridgehead atoms. The standard InChI is InChI=1S/C15H18F2N2O3S/c1-10(2)14(11-3-4-12(16)13(17)9-11)18-15(20)19-5-7-23(21,22)8-6-19/h3-4,9,14H,1,5-8H2,2H3,(H,18,20)/t14-/m0/s1. The van der Waals surface area contributed by atoms with Gasteiger partial charge in [0.15, 0.2) is 21.5 Å². The Morgan fingerprint density at radius 2 is 1.87 bits per heavy atom. The summed E-state index contributed by atoms with van der Waals surface area (Å²) in [6, 6.07) is 2.22. The van der Waals surface area contributed by atoms with Crippen LogP contribution in [0, 0.1) is 11.6 Å². The zero-order valence-corrected chi connectivity index (χ0v) is 13.5. The van der Waals surface area contributed by atoms with Gasteiger partial charge in [0, 0.05) is 13.1 Å². The predicted molar refractivity (Wildman–Crippen MR) is 82.7 cm³/mol. The Morgan fingerprint density at radius 1 is 1.26 bits per heavy atom. The lowest BCUT2D eigenvalue weighted by Crippen LogP contribution is -2.49. The van der Waals surface area contributed by atoms with Crippen molar-refractivity contribution in [2.75, 3.05) is 24.6 Å². The minimum atomic E-state index is -3.09. The van der Waals surface area contributed by atoms with Gasteiger partial charge in [0.05, 0.1) is 17.5 Å². The van der Waals surface area contributed by atoms with Gasteiger partial charge in [0.2, 0.25) is 0 Å². The maximum absolute atomic E-state index is 13.4. The highest BCUT2D eigenvalue weighted by Gasteiger charge is 2.27. The third kappa shape index (κ3) is 4.28. The van der Waals surface area contributed by atoms with Crippen LogP contribution in [0.1, 0.15) is 18.5 Å². The second kappa shape index (κ2) is 6.66. The molecule has 0 unspecified atom stereocenters. The molecule has 1 fully saturated rings. The van der Waals surface area contributed by atoms with Gasteiger partial charge in [-0.05, 0) is 24.6 Å². The van der Waals surface area contributed by atoms with Gasteiger partial charge in [-0.25, -0.2) is 22.0 Å². The van der Waals surface area contributed by atoms with Crippen LogP contribution in [0.2, 0.25) is 0 Å². The molecule has 0 aromatic heterocycles. The first-order chi connectivity index (χ1) is 10.7. The van der Waals surface area contributed by atoms with E-state index in [1.165, 1.54) is 11.0 Å². The summed E-state index contributed by atoms with van der Waals surface area (Å²) in [5.41, 5.74) is 0.920. The Morgan fingerprint density at radius 3 is 2.39 bits per heavy atom. The summed E-state index contributed by atoms with van der Waals surface area (Å²) in [5, 5.41) is 2.68. The number of nitrogens with zero attached hydrogens (tertiary/aromatic N) is 1. The Kier molecular flexibility index (Phi) is 5.03. The minimum Gasteiger partial charge on any atom is -0.327 e. The van der Waals surface area contributed by atoms with Crippen LogP contribution in [0.4, 0.5) is 13.6 Å². The molecule has 2 rings (SSSR count). The van der Waals surface area contributed by atoms with Gasteiger partial charge in [0.25, 0.3) is 0 Å². The summed E-state index contributed by atoms with van der Waals surface area (Å²) in [6.45, 7) is 5.63. The molecule has 1 heterocycles. The van der Waals surface area contributed by atoms with Crippen molar-refractivity contribution in [3.63, 3.8) is 0 Å². The molecule has 1 aromatic carbocycles. The van der Waals surface area contributed by atoms with Gasteiger partial charge in [-0.3, -0.25) is 0 Å². The molecular weight excluding hydrogens is 326 g/mol. The molecule has 0 spiro atoms. The summed E-state index contributed by atoms with van der Waals surface area (Å²) in [5.74, 6) is -2.14. The molecular formula is C15H18F2N2O3S. The zero-order chi connectivity index (χ0) is 17.2. The van der Waals surface area contributed by atoms with Crippen molar-refractivity contribution < 1.29 is 22.0 Å². The van der Waals surface area contributed by atoms with E-state index in [-0.39, 0.29) is 24.6 Å². The molecule has 126 valence electrons. The van der Waals surface area contributed by atoms with Crippen LogP contribution < -0.4 is 5.32 Å². The van der Waals surface area contributed by atoms with E-state index in [0.717, 1.165) is 12.1 Å². The molecule has 1 atom stereocenters. The zero-order valence-electron chi connectivity index (χ0n) is 12.7. The summed E-state index contributed by atoms with van der Waals surface area (Å²) >= 11 is 0. The number of sulfone groups is 1. The number of carbonyl (C=O) groups excluding carboxylic acids is 1. The van der Waals surface area contributed by atoms with E-state index in [2.05, 4.69) is 11.9 Å². The summed E-state index contributed by atoms with van der Waals surface area (Å²) in [6.07, 6.45) is 0. The topological polar surface area (TPSA) is 66.5 Å². The lowest BCUT2D eigenvalue weighted by atomic mass is 10.0. The Bertz CT molecular complexity index is 720. The number of nitrogens with one attached hydrogen (secondary N) is 1. The van der Waals surface area contributed by atoms with Crippen LogP contribution in [0.15, 0.2) is 30.4 Å². The smallest absolute Gasteiger partial charge is 0.318 e. The van der Waals surface area contributed by atoms with E-state index >= 15 is 0 Å². The molecule has 23 heavy (non-hydrogen) atoms. The molecule has 1 aromatic rings. The van der Waals surface area contributed by atoms with Crippen LogP contribution in [0.5, 0.6) is 0 Å². The van der Waals surface area contributed by atoms with Crippen molar-refractivity contribution in [2.24, 2.45) is 0 Å². The minimum absolute atomic E-state index is 0.0800. The Balaban J connectivity index is 2.12. The van der Waals surface area contributed by atoms with E-state index in [4.69, 9.17) is 0 Å². The van der Waals surface area contributed by atoms with Crippen LogP contribution >= 0.6 is 0 Å². The van der Waals surface area contributed by atoms with E-state index in [9.17, 15) is 22.0 Å². The normalized spacial score (nSPS) is 18.3. The molecule has 0 saturated carbocycles. The summed E-state index contributed by atoms with van der Waals surface area (Å²) in [7, 11) is -3.09. The number of benzene rings is 1. The van der Waals surface area contributed by atoms with E-state index in [1.54, 1.807) is 6.92 Å². The maximum Gasteiger partial charge on any atom is 0.318 e. The van der Waals surface area contributed by atoms with Crippen molar-refractivity contribution in [3.05, 3.63) is 47.5 Å². The van der Waals surface area contributed by atoms with Gasteiger partial charge in [-0.1, -0.05) is 18.2 Å². The largest absolute Gasteiger partial charge is 0.327 e. The first-order valence-electron chi connectivity index (χ1n) is 7.06. The van der Waals surface area contributed by atoms with Crippen LogP contribution in [0.3, 0.4) is 0 Å². The predicted octanol–water partition coefficient (Wildman–Crippen LogP) is 2.02. The number of hydrogen-bond donors (Lipinski definition) is 1. The average Bonchev–Trinajstić information content (AvgIpc) is 2.47. The molecule has 8 heteroatoms. The Labute approximate surface area is 133 Å². The summed E-state index contributed by atoms with van der Waals surface area (Å²) in [4.78, 5) is 13.6. The molecule has 2 amide bonds. The molecule has 1 N–H and O–H groups in total. The van der Waals surface area contributed by atoms with Crippen molar-refractivity contribution in [1.29, 1.82) is 0 Å². The highest BCUT2D eigenvalue weighted by molar-refractivity contribution is 7.91. The second-order valence-electron chi connectivity index (χ2n) is 5.54. The average molecular weight is 344 g/mol. The van der Waals surface area contributed by atoms with Crippen LogP contribution in [0.25, 0.3) is 0 Å². The number of rotatable bonds is 3. The van der Waals surface area contributed by atoms with E-state index in [1.807, 2.05) is 0 Å². The first-order valence-corrected chi connectivity index (χ1v) is 8.88. The molecule has 1 aliphatic heterocycles. The molecule has 1 aliphatic rings. The summed E-state index contributed by atoms with van der Waals surface area (Å²) < 4.78 is 49.2. The van der Waals surface area contributed by atoms with E-state index in [0.29, 0.717) is 11.1 Å². The van der Waals surface area contributed by atoms with Gasteiger partial charge in [0.1, 0.15) is 0 Å². The molecule has 5 nitrogen and oxygen atoms in total. The fourth-order valence-corrected chi connectivity index (χ4v) is 3.51. The lowest BCUT2D eigenvalue weighted by molar-refractivity contribution is 0.199. The van der Waals surface area contributed by atoms with Gasteiger partial charge in [-0.15, -0.1) is 0 Å². The first kappa shape index (κ1) is 17.4. The molecule has 1 saturated heterocycles. The lowest BCUT2D eigenvalue weighted by Gasteiger charge is -2.29. The highest BCUT2D eigenvalue weighted by Crippen LogP contribution is 2.22. The Hall–Kier alpha value is -1.96. The number of amides is 2. The van der Waals surface area contributed by atoms with Gasteiger partial charge < -0.3 is 10.2 Å². The van der Waals surface area contributed by atoms with Crippen molar-refractivity contribution in [1.82, 2.24) is 10.2 Å². The van der Waals surface area contributed by atoms with Crippen LogP contribution in [-0.4, -0.2) is 43.9 Å². The van der Waals surface area contributed by atoms with Gasteiger partial charge >= 0.3 is 6.03 Å². The highest BCUT2D eigenvalue weighted by atomic mass is 32.2. The fraction of sp³-hybridized carbons (Fsp3) is 0.400. The van der Waals surface area contributed by atoms with Crippen molar-refractivity contribution >= 4 is 15.9 Å². The quantitative estimate of drug-likeness (QED) is 0.853. The van der Waals surface area contributed by atoms with Gasteiger partial charge in [-0.2, -0.15) is 0 Å². The third-order valence-electron chi connectivity index (χ3n) is 3.67. The maximum atomic E-state index is 13.4. The molecule has 0 aliphatic carbocycles. The number of halogens is 2. The number of hydrogen-bond acceptors (Lipinski definition) is 3. The van der Waals surface area contributed by atoms with E-state index < -0.39 is 33.5 Å². The van der Waals surface area contributed by atoms with Crippen molar-refractivity contribution in [3.8, 4) is 0 Å². The van der Waals surface area contributed by atoms with Crippen LogP contribution in [-0.2, 0) is 9.84 Å². The number of urea groups is 1. The van der Waals surface area contributed by atoms with Crippen molar-refractivity contribution in [2.45, 2.75) is 13.0 Å². The second-order valence-corrected chi connectivity index (χ2v) is 7.84. The fourth-order valence-electron chi connectivity index (χ4n) is 2.31. The molecule has 0 radical (unpaired) electrons. The number of carbonyl (C=O) groups is 1. The third-order valence-corrected chi connectivity index (χ3v) is 5.28. The SMILES string of the molecule is C=C(C)[C@H](NC(=O)N1CCS(=O)(=O)CC1)c1ccc(F)c(F)c1.